The van der Waals surface area contributed by atoms with Gasteiger partial charge in [-0.2, -0.15) is 0 Å². The van der Waals surface area contributed by atoms with Crippen LogP contribution in [0.4, 0.5) is 5.69 Å². The molecular weight excluding hydrogens is 346 g/mol. The molecule has 132 valence electrons. The maximum atomic E-state index is 13.3. The molecule has 0 saturated heterocycles. The molecule has 0 aliphatic carbocycles. The van der Waals surface area contributed by atoms with Crippen LogP contribution in [-0.4, -0.2) is 14.2 Å². The quantitative estimate of drug-likeness (QED) is 0.613. The van der Waals surface area contributed by atoms with Crippen molar-refractivity contribution in [3.63, 3.8) is 0 Å². The lowest BCUT2D eigenvalue weighted by Gasteiger charge is -2.24. The van der Waals surface area contributed by atoms with E-state index in [0.717, 1.165) is 5.56 Å². The molecule has 0 heterocycles. The van der Waals surface area contributed by atoms with Crippen LogP contribution in [0.5, 0.6) is 0 Å². The summed E-state index contributed by atoms with van der Waals surface area (Å²) in [6, 6.07) is 24.5. The fourth-order valence-electron chi connectivity index (χ4n) is 2.65. The molecule has 0 spiro atoms. The average Bonchev–Trinajstić information content (AvgIpc) is 2.67. The van der Waals surface area contributed by atoms with Gasteiger partial charge >= 0.3 is 0 Å². The number of para-hydroxylation sites is 1. The second-order valence-corrected chi connectivity index (χ2v) is 7.78. The predicted molar refractivity (Wildman–Crippen MR) is 103 cm³/mol. The molecule has 3 aromatic rings. The maximum absolute atomic E-state index is 13.3. The fourth-order valence-corrected chi connectivity index (χ4v) is 4.10. The zero-order chi connectivity index (χ0) is 18.6. The Balaban J connectivity index is 2.03. The minimum Gasteiger partial charge on any atom is -0.295 e. The van der Waals surface area contributed by atoms with Gasteiger partial charge in [-0.1, -0.05) is 60.7 Å². The summed E-state index contributed by atoms with van der Waals surface area (Å²) in [6.45, 7) is 1.68. The summed E-state index contributed by atoms with van der Waals surface area (Å²) in [5.41, 5.74) is 1.96. The number of rotatable bonds is 6. The Morgan fingerprint density at radius 3 is 1.88 bits per heavy atom. The SMILES string of the molecule is CC(=O)c1ccc(S(=O)(=O)N(Cc2ccccc2)c2ccccc2)cc1. The highest BCUT2D eigenvalue weighted by Gasteiger charge is 2.25. The number of sulfonamides is 1. The number of carbonyl (C=O) groups is 1. The molecule has 4 nitrogen and oxygen atoms in total. The largest absolute Gasteiger partial charge is 0.295 e. The Morgan fingerprint density at radius 2 is 1.35 bits per heavy atom. The lowest BCUT2D eigenvalue weighted by molar-refractivity contribution is 0.101. The lowest BCUT2D eigenvalue weighted by Crippen LogP contribution is -2.30. The van der Waals surface area contributed by atoms with Crippen LogP contribution in [0.2, 0.25) is 0 Å². The molecule has 3 rings (SSSR count). The van der Waals surface area contributed by atoms with Crippen LogP contribution in [0.3, 0.4) is 0 Å². The van der Waals surface area contributed by atoms with Crippen molar-refractivity contribution in [2.24, 2.45) is 0 Å². The summed E-state index contributed by atoms with van der Waals surface area (Å²) < 4.78 is 27.9. The molecule has 5 heteroatoms. The summed E-state index contributed by atoms with van der Waals surface area (Å²) in [7, 11) is -3.77. The van der Waals surface area contributed by atoms with Crippen molar-refractivity contribution in [1.82, 2.24) is 0 Å². The molecule has 0 bridgehead atoms. The molecule has 0 N–H and O–H groups in total. The summed E-state index contributed by atoms with van der Waals surface area (Å²) in [4.78, 5) is 11.6. The normalized spacial score (nSPS) is 11.1. The van der Waals surface area contributed by atoms with Crippen LogP contribution in [0.1, 0.15) is 22.8 Å². The van der Waals surface area contributed by atoms with Crippen molar-refractivity contribution < 1.29 is 13.2 Å². The first-order valence-electron chi connectivity index (χ1n) is 8.21. The summed E-state index contributed by atoms with van der Waals surface area (Å²) in [6.07, 6.45) is 0. The van der Waals surface area contributed by atoms with E-state index in [1.807, 2.05) is 48.5 Å². The third-order valence-electron chi connectivity index (χ3n) is 4.06. The minimum atomic E-state index is -3.77. The molecular formula is C21H19NO3S. The number of hydrogen-bond donors (Lipinski definition) is 0. The smallest absolute Gasteiger partial charge is 0.264 e. The zero-order valence-electron chi connectivity index (χ0n) is 14.4. The third-order valence-corrected chi connectivity index (χ3v) is 5.85. The summed E-state index contributed by atoms with van der Waals surface area (Å²) in [5.74, 6) is -0.0989. The number of Topliss-reactive ketones (excluding diaryl/α,β-unsaturated/α-hetero) is 1. The van der Waals surface area contributed by atoms with Crippen LogP contribution >= 0.6 is 0 Å². The van der Waals surface area contributed by atoms with E-state index in [9.17, 15) is 13.2 Å². The first-order valence-corrected chi connectivity index (χ1v) is 9.65. The van der Waals surface area contributed by atoms with Gasteiger partial charge in [0.1, 0.15) is 0 Å². The van der Waals surface area contributed by atoms with E-state index in [4.69, 9.17) is 0 Å². The van der Waals surface area contributed by atoms with Crippen molar-refractivity contribution in [2.45, 2.75) is 18.4 Å². The van der Waals surface area contributed by atoms with E-state index in [1.165, 1.54) is 23.4 Å². The second kappa shape index (κ2) is 7.54. The molecule has 0 radical (unpaired) electrons. The maximum Gasteiger partial charge on any atom is 0.264 e. The zero-order valence-corrected chi connectivity index (χ0v) is 15.2. The van der Waals surface area contributed by atoms with Gasteiger partial charge < -0.3 is 0 Å². The van der Waals surface area contributed by atoms with E-state index in [0.29, 0.717) is 11.3 Å². The second-order valence-electron chi connectivity index (χ2n) is 5.91. The number of benzene rings is 3. The molecule has 0 aliphatic heterocycles. The topological polar surface area (TPSA) is 54.5 Å². The molecule has 0 unspecified atom stereocenters. The summed E-state index contributed by atoms with van der Waals surface area (Å²) >= 11 is 0. The fraction of sp³-hybridized carbons (Fsp3) is 0.0952. The molecule has 0 saturated carbocycles. The number of carbonyl (C=O) groups excluding carboxylic acids is 1. The van der Waals surface area contributed by atoms with Crippen LogP contribution in [0.25, 0.3) is 0 Å². The average molecular weight is 365 g/mol. The summed E-state index contributed by atoms with van der Waals surface area (Å²) in [5, 5.41) is 0. The van der Waals surface area contributed by atoms with Gasteiger partial charge in [0, 0.05) is 5.56 Å². The number of anilines is 1. The highest BCUT2D eigenvalue weighted by atomic mass is 32.2. The standard InChI is InChI=1S/C21H19NO3S/c1-17(23)19-12-14-21(15-13-19)26(24,25)22(20-10-6-3-7-11-20)16-18-8-4-2-5-9-18/h2-15H,16H2,1H3. The van der Waals surface area contributed by atoms with Crippen molar-refractivity contribution in [3.8, 4) is 0 Å². The Bertz CT molecular complexity index is 982. The molecule has 26 heavy (non-hydrogen) atoms. The first-order chi connectivity index (χ1) is 12.5. The number of ketones is 1. The molecule has 3 aromatic carbocycles. The highest BCUT2D eigenvalue weighted by Crippen LogP contribution is 2.26. The molecule has 0 aromatic heterocycles. The van der Waals surface area contributed by atoms with E-state index in [-0.39, 0.29) is 17.2 Å². The number of hydrogen-bond acceptors (Lipinski definition) is 3. The lowest BCUT2D eigenvalue weighted by atomic mass is 10.2. The first kappa shape index (κ1) is 17.9. The van der Waals surface area contributed by atoms with E-state index >= 15 is 0 Å². The van der Waals surface area contributed by atoms with Gasteiger partial charge in [-0.25, -0.2) is 8.42 Å². The van der Waals surface area contributed by atoms with Crippen LogP contribution < -0.4 is 4.31 Å². The molecule has 0 fully saturated rings. The Kier molecular flexibility index (Phi) is 5.19. The van der Waals surface area contributed by atoms with Gasteiger partial charge in [-0.05, 0) is 36.8 Å². The highest BCUT2D eigenvalue weighted by molar-refractivity contribution is 7.92. The van der Waals surface area contributed by atoms with Crippen molar-refractivity contribution in [2.75, 3.05) is 4.31 Å². The molecule has 0 atom stereocenters. The predicted octanol–water partition coefficient (Wildman–Crippen LogP) is 4.28. The van der Waals surface area contributed by atoms with Gasteiger partial charge in [0.25, 0.3) is 10.0 Å². The Morgan fingerprint density at radius 1 is 0.808 bits per heavy atom. The van der Waals surface area contributed by atoms with Gasteiger partial charge in [-0.15, -0.1) is 0 Å². The van der Waals surface area contributed by atoms with Crippen molar-refractivity contribution >= 4 is 21.5 Å². The Labute approximate surface area is 153 Å². The minimum absolute atomic E-state index is 0.0989. The Hall–Kier alpha value is -2.92. The molecule has 0 aliphatic rings. The van der Waals surface area contributed by atoms with Gasteiger partial charge in [0.15, 0.2) is 5.78 Å². The number of nitrogens with zero attached hydrogens (tertiary/aromatic N) is 1. The van der Waals surface area contributed by atoms with E-state index in [2.05, 4.69) is 0 Å². The molecule has 0 amide bonds. The monoisotopic (exact) mass is 365 g/mol. The van der Waals surface area contributed by atoms with E-state index in [1.54, 1.807) is 24.3 Å². The van der Waals surface area contributed by atoms with Gasteiger partial charge in [-0.3, -0.25) is 9.10 Å². The third kappa shape index (κ3) is 3.83. The van der Waals surface area contributed by atoms with Crippen LogP contribution in [0, 0.1) is 0 Å². The van der Waals surface area contributed by atoms with Gasteiger partial charge in [0.05, 0.1) is 17.1 Å². The van der Waals surface area contributed by atoms with Gasteiger partial charge in [0.2, 0.25) is 0 Å². The van der Waals surface area contributed by atoms with E-state index < -0.39 is 10.0 Å². The van der Waals surface area contributed by atoms with Crippen molar-refractivity contribution in [3.05, 3.63) is 96.1 Å². The van der Waals surface area contributed by atoms with Crippen LogP contribution in [0.15, 0.2) is 89.8 Å². The van der Waals surface area contributed by atoms with Crippen LogP contribution in [-0.2, 0) is 16.6 Å². The van der Waals surface area contributed by atoms with Crippen molar-refractivity contribution in [1.29, 1.82) is 0 Å².